The van der Waals surface area contributed by atoms with Crippen molar-refractivity contribution in [3.63, 3.8) is 0 Å². The van der Waals surface area contributed by atoms with Crippen LogP contribution >= 0.6 is 0 Å². The van der Waals surface area contributed by atoms with Gasteiger partial charge in [-0.2, -0.15) is 0 Å². The van der Waals surface area contributed by atoms with Gasteiger partial charge in [-0.3, -0.25) is 9.59 Å². The van der Waals surface area contributed by atoms with Gasteiger partial charge in [-0.05, 0) is 47.5 Å². The molecule has 0 aliphatic rings. The van der Waals surface area contributed by atoms with Crippen molar-refractivity contribution in [1.29, 1.82) is 0 Å². The van der Waals surface area contributed by atoms with Gasteiger partial charge in [0.1, 0.15) is 5.82 Å². The second-order valence-corrected chi connectivity index (χ2v) is 8.60. The molecule has 7 nitrogen and oxygen atoms in total. The van der Waals surface area contributed by atoms with E-state index < -0.39 is 34.3 Å². The van der Waals surface area contributed by atoms with Crippen molar-refractivity contribution in [1.82, 2.24) is 4.72 Å². The third-order valence-electron chi connectivity index (χ3n) is 4.47. The maximum Gasteiger partial charge on any atom is 0.307 e. The van der Waals surface area contributed by atoms with E-state index in [1.54, 1.807) is 19.1 Å². The Balaban J connectivity index is 1.45. The van der Waals surface area contributed by atoms with Gasteiger partial charge in [0.25, 0.3) is 5.91 Å². The van der Waals surface area contributed by atoms with Gasteiger partial charge in [0.15, 0.2) is 6.61 Å². The summed E-state index contributed by atoms with van der Waals surface area (Å²) in [5.41, 5.74) is 0.683. The minimum atomic E-state index is -3.80. The molecule has 0 saturated heterocycles. The highest BCUT2D eigenvalue weighted by atomic mass is 32.2. The summed E-state index contributed by atoms with van der Waals surface area (Å²) in [6, 6.07) is 16.3. The van der Waals surface area contributed by atoms with E-state index in [9.17, 15) is 22.4 Å². The van der Waals surface area contributed by atoms with Crippen molar-refractivity contribution in [2.75, 3.05) is 18.5 Å². The Labute approximate surface area is 179 Å². The first kappa shape index (κ1) is 22.4. The van der Waals surface area contributed by atoms with Crippen LogP contribution in [0.2, 0.25) is 0 Å². The van der Waals surface area contributed by atoms with Gasteiger partial charge in [0.05, 0.1) is 11.3 Å². The smallest absolute Gasteiger partial charge is 0.307 e. The van der Waals surface area contributed by atoms with Gasteiger partial charge in [0.2, 0.25) is 10.0 Å². The zero-order valence-corrected chi connectivity index (χ0v) is 17.5. The largest absolute Gasteiger partial charge is 0.456 e. The molecule has 0 aliphatic heterocycles. The minimum absolute atomic E-state index is 0.0873. The van der Waals surface area contributed by atoms with Crippen LogP contribution in [0.15, 0.2) is 65.6 Å². The van der Waals surface area contributed by atoms with Gasteiger partial charge >= 0.3 is 5.97 Å². The number of aryl methyl sites for hydroxylation is 1. The lowest BCUT2D eigenvalue weighted by Gasteiger charge is -2.09. The van der Waals surface area contributed by atoms with Crippen LogP contribution in [0, 0.1) is 12.7 Å². The van der Waals surface area contributed by atoms with Crippen LogP contribution in [0.25, 0.3) is 10.8 Å². The number of carbonyl (C=O) groups is 2. The summed E-state index contributed by atoms with van der Waals surface area (Å²) in [5.74, 6) is -1.84. The number of hydrogen-bond acceptors (Lipinski definition) is 5. The van der Waals surface area contributed by atoms with Crippen molar-refractivity contribution in [2.45, 2.75) is 18.2 Å². The fourth-order valence-corrected chi connectivity index (χ4v) is 3.86. The number of carbonyl (C=O) groups excluding carboxylic acids is 2. The number of benzene rings is 3. The molecule has 31 heavy (non-hydrogen) atoms. The second kappa shape index (κ2) is 9.67. The highest BCUT2D eigenvalue weighted by Crippen LogP contribution is 2.18. The number of fused-ring (bicyclic) bond motifs is 1. The molecule has 0 spiro atoms. The van der Waals surface area contributed by atoms with Crippen LogP contribution in [0.3, 0.4) is 0 Å². The van der Waals surface area contributed by atoms with Crippen molar-refractivity contribution < 1.29 is 27.1 Å². The van der Waals surface area contributed by atoms with E-state index in [2.05, 4.69) is 10.0 Å². The van der Waals surface area contributed by atoms with Crippen molar-refractivity contribution in [2.24, 2.45) is 0 Å². The van der Waals surface area contributed by atoms with Gasteiger partial charge < -0.3 is 10.1 Å². The Kier molecular flexibility index (Phi) is 6.98. The normalized spacial score (nSPS) is 11.3. The summed E-state index contributed by atoms with van der Waals surface area (Å²) < 4.78 is 45.5. The molecular weight excluding hydrogens is 423 g/mol. The van der Waals surface area contributed by atoms with Crippen molar-refractivity contribution in [3.05, 3.63) is 72.0 Å². The number of hydrogen-bond donors (Lipinski definition) is 2. The summed E-state index contributed by atoms with van der Waals surface area (Å²) >= 11 is 0. The average Bonchev–Trinajstić information content (AvgIpc) is 2.74. The highest BCUT2D eigenvalue weighted by molar-refractivity contribution is 7.89. The predicted octanol–water partition coefficient (Wildman–Crippen LogP) is 3.14. The fraction of sp³-hybridized carbons (Fsp3) is 0.182. The lowest BCUT2D eigenvalue weighted by Crippen LogP contribution is -2.28. The van der Waals surface area contributed by atoms with E-state index in [-0.39, 0.29) is 23.5 Å². The van der Waals surface area contributed by atoms with Crippen LogP contribution in [0.5, 0.6) is 0 Å². The van der Waals surface area contributed by atoms with E-state index in [1.165, 1.54) is 18.2 Å². The standard InChI is InChI=1S/C22H21FN2O5S/c1-15-6-8-18(13-20(15)23)25-21(26)14-30-22(27)10-11-24-31(28,29)19-9-7-16-4-2-3-5-17(16)12-19/h2-9,12-13,24H,10-11,14H2,1H3,(H,25,26). The van der Waals surface area contributed by atoms with Gasteiger partial charge in [-0.15, -0.1) is 0 Å². The van der Waals surface area contributed by atoms with E-state index in [0.717, 1.165) is 16.8 Å². The number of rotatable bonds is 8. The monoisotopic (exact) mass is 444 g/mol. The van der Waals surface area contributed by atoms with E-state index in [1.807, 2.05) is 24.3 Å². The Morgan fingerprint density at radius 3 is 2.48 bits per heavy atom. The molecule has 0 atom stereocenters. The summed E-state index contributed by atoms with van der Waals surface area (Å²) in [4.78, 5) is 23.7. The maximum absolute atomic E-state index is 13.5. The van der Waals surface area contributed by atoms with Crippen molar-refractivity contribution in [3.8, 4) is 0 Å². The molecule has 1 amide bonds. The van der Waals surface area contributed by atoms with Crippen LogP contribution in [0.4, 0.5) is 10.1 Å². The average molecular weight is 444 g/mol. The number of halogens is 1. The summed E-state index contributed by atoms with van der Waals surface area (Å²) in [7, 11) is -3.80. The molecule has 0 aromatic heterocycles. The topological polar surface area (TPSA) is 102 Å². The summed E-state index contributed by atoms with van der Waals surface area (Å²) in [6.45, 7) is 0.849. The van der Waals surface area contributed by atoms with E-state index in [0.29, 0.717) is 5.56 Å². The number of amides is 1. The molecule has 3 rings (SSSR count). The Morgan fingerprint density at radius 2 is 1.74 bits per heavy atom. The quantitative estimate of drug-likeness (QED) is 0.520. The lowest BCUT2D eigenvalue weighted by molar-refractivity contribution is -0.147. The first-order valence-electron chi connectivity index (χ1n) is 9.45. The van der Waals surface area contributed by atoms with Crippen molar-refractivity contribution >= 4 is 38.4 Å². The number of ether oxygens (including phenoxy) is 1. The molecule has 3 aromatic carbocycles. The second-order valence-electron chi connectivity index (χ2n) is 6.83. The number of sulfonamides is 1. The van der Waals surface area contributed by atoms with Crippen LogP contribution in [-0.2, 0) is 24.3 Å². The molecule has 0 radical (unpaired) electrons. The zero-order valence-electron chi connectivity index (χ0n) is 16.7. The first-order valence-corrected chi connectivity index (χ1v) is 10.9. The molecule has 2 N–H and O–H groups in total. The van der Waals surface area contributed by atoms with E-state index >= 15 is 0 Å². The van der Waals surface area contributed by atoms with Gasteiger partial charge in [-0.25, -0.2) is 17.5 Å². The van der Waals surface area contributed by atoms with Crippen LogP contribution in [0.1, 0.15) is 12.0 Å². The molecule has 0 aliphatic carbocycles. The van der Waals surface area contributed by atoms with Crippen LogP contribution in [-0.4, -0.2) is 33.4 Å². The molecule has 0 unspecified atom stereocenters. The Bertz CT molecular complexity index is 1230. The molecule has 162 valence electrons. The number of anilines is 1. The molecular formula is C22H21FN2O5S. The Hall–Kier alpha value is -3.30. The van der Waals surface area contributed by atoms with Gasteiger partial charge in [0, 0.05) is 12.2 Å². The minimum Gasteiger partial charge on any atom is -0.456 e. The third-order valence-corrected chi connectivity index (χ3v) is 5.93. The summed E-state index contributed by atoms with van der Waals surface area (Å²) in [5, 5.41) is 4.11. The molecule has 0 saturated carbocycles. The molecule has 0 fully saturated rings. The molecule has 3 aromatic rings. The highest BCUT2D eigenvalue weighted by Gasteiger charge is 2.15. The van der Waals surface area contributed by atoms with Crippen LogP contribution < -0.4 is 10.0 Å². The molecule has 9 heteroatoms. The SMILES string of the molecule is Cc1ccc(NC(=O)COC(=O)CCNS(=O)(=O)c2ccc3ccccc3c2)cc1F. The number of esters is 1. The third kappa shape index (κ3) is 6.09. The fourth-order valence-electron chi connectivity index (χ4n) is 2.79. The molecule has 0 bridgehead atoms. The first-order chi connectivity index (χ1) is 14.7. The lowest BCUT2D eigenvalue weighted by atomic mass is 10.1. The molecule has 0 heterocycles. The van der Waals surface area contributed by atoms with E-state index in [4.69, 9.17) is 4.74 Å². The summed E-state index contributed by atoms with van der Waals surface area (Å²) in [6.07, 6.45) is -0.251. The number of nitrogens with one attached hydrogen (secondary N) is 2. The predicted molar refractivity (Wildman–Crippen MR) is 114 cm³/mol. The van der Waals surface area contributed by atoms with Gasteiger partial charge in [-0.1, -0.05) is 36.4 Å². The maximum atomic E-state index is 13.5. The Morgan fingerprint density at radius 1 is 1.00 bits per heavy atom. The zero-order chi connectivity index (χ0) is 22.4.